The second-order valence-electron chi connectivity index (χ2n) is 7.58. The smallest absolute Gasteiger partial charge is 0.272 e. The molecule has 0 aliphatic rings. The van der Waals surface area contributed by atoms with Crippen molar-refractivity contribution >= 4 is 22.5 Å². The molecule has 0 bridgehead atoms. The summed E-state index contributed by atoms with van der Waals surface area (Å²) in [5.74, 6) is 1.05. The van der Waals surface area contributed by atoms with E-state index in [2.05, 4.69) is 37.2 Å². The van der Waals surface area contributed by atoms with Gasteiger partial charge in [0.15, 0.2) is 0 Å². The minimum atomic E-state index is -0.116. The molecule has 28 heavy (non-hydrogen) atoms. The molecule has 3 rings (SSSR count). The van der Waals surface area contributed by atoms with Crippen LogP contribution in [0.25, 0.3) is 10.9 Å². The Morgan fingerprint density at radius 2 is 1.96 bits per heavy atom. The molecule has 0 spiro atoms. The van der Waals surface area contributed by atoms with Crippen molar-refractivity contribution in [3.8, 4) is 5.75 Å². The van der Waals surface area contributed by atoms with E-state index in [1.165, 1.54) is 5.56 Å². The molecule has 0 aliphatic carbocycles. The molecule has 1 N–H and O–H groups in total. The first-order valence-corrected chi connectivity index (χ1v) is 9.65. The highest BCUT2D eigenvalue weighted by Gasteiger charge is 2.19. The molecule has 4 heteroatoms. The monoisotopic (exact) mass is 376 g/mol. The van der Waals surface area contributed by atoms with Crippen molar-refractivity contribution in [1.82, 2.24) is 4.57 Å². The van der Waals surface area contributed by atoms with Gasteiger partial charge in [0.25, 0.3) is 5.91 Å². The van der Waals surface area contributed by atoms with E-state index >= 15 is 0 Å². The number of nitrogens with one attached hydrogen (secondary N) is 1. The number of nitrogens with zero attached hydrogens (tertiary/aromatic N) is 1. The van der Waals surface area contributed by atoms with E-state index < -0.39 is 0 Å². The molecule has 0 aliphatic heterocycles. The number of hydrogen-bond donors (Lipinski definition) is 1. The van der Waals surface area contributed by atoms with Gasteiger partial charge < -0.3 is 14.6 Å². The van der Waals surface area contributed by atoms with E-state index in [9.17, 15) is 4.79 Å². The molecule has 0 saturated heterocycles. The van der Waals surface area contributed by atoms with Crippen LogP contribution in [0.3, 0.4) is 0 Å². The molecule has 1 aromatic heterocycles. The highest BCUT2D eigenvalue weighted by molar-refractivity contribution is 6.07. The number of rotatable bonds is 7. The van der Waals surface area contributed by atoms with Crippen molar-refractivity contribution in [2.75, 3.05) is 11.9 Å². The number of ether oxygens (including phenoxy) is 1. The molecule has 0 atom stereocenters. The standard InChI is InChI=1S/C24H28N2O2/c1-6-12-28-23-9-7-8-21-20(23)14-22(26(21)15-16(2)3)24(27)25-19-11-10-17(4)18(5)13-19/h6-11,13-14,16H,1,12,15H2,2-5H3,(H,25,27). The highest BCUT2D eigenvalue weighted by Crippen LogP contribution is 2.30. The summed E-state index contributed by atoms with van der Waals surface area (Å²) in [4.78, 5) is 13.1. The van der Waals surface area contributed by atoms with Crippen LogP contribution in [0.5, 0.6) is 5.75 Å². The second kappa shape index (κ2) is 8.34. The summed E-state index contributed by atoms with van der Waals surface area (Å²) in [5.41, 5.74) is 4.80. The largest absolute Gasteiger partial charge is 0.489 e. The van der Waals surface area contributed by atoms with Gasteiger partial charge >= 0.3 is 0 Å². The molecular weight excluding hydrogens is 348 g/mol. The van der Waals surface area contributed by atoms with Gasteiger partial charge in [0.05, 0.1) is 5.52 Å². The Bertz CT molecular complexity index is 1010. The molecule has 4 nitrogen and oxygen atoms in total. The van der Waals surface area contributed by atoms with Gasteiger partial charge in [-0.25, -0.2) is 0 Å². The Morgan fingerprint density at radius 3 is 2.64 bits per heavy atom. The Balaban J connectivity index is 2.03. The van der Waals surface area contributed by atoms with Crippen LogP contribution < -0.4 is 10.1 Å². The molecular formula is C24H28N2O2. The summed E-state index contributed by atoms with van der Waals surface area (Å²) < 4.78 is 7.89. The molecule has 0 saturated carbocycles. The minimum Gasteiger partial charge on any atom is -0.489 e. The predicted octanol–water partition coefficient (Wildman–Crippen LogP) is 5.73. The second-order valence-corrected chi connectivity index (χ2v) is 7.58. The molecule has 0 unspecified atom stereocenters. The average molecular weight is 377 g/mol. The van der Waals surface area contributed by atoms with Gasteiger partial charge in [0.2, 0.25) is 0 Å². The third kappa shape index (κ3) is 4.11. The molecule has 146 valence electrons. The number of fused-ring (bicyclic) bond motifs is 1. The van der Waals surface area contributed by atoms with Gasteiger partial charge in [0.1, 0.15) is 18.1 Å². The number of amides is 1. The van der Waals surface area contributed by atoms with E-state index in [0.29, 0.717) is 18.2 Å². The van der Waals surface area contributed by atoms with Crippen molar-refractivity contribution in [3.05, 3.63) is 71.9 Å². The quantitative estimate of drug-likeness (QED) is 0.535. The summed E-state index contributed by atoms with van der Waals surface area (Å²) in [6.07, 6.45) is 1.72. The maximum absolute atomic E-state index is 13.1. The normalized spacial score (nSPS) is 11.0. The lowest BCUT2D eigenvalue weighted by atomic mass is 10.1. The zero-order valence-corrected chi connectivity index (χ0v) is 17.1. The summed E-state index contributed by atoms with van der Waals surface area (Å²) in [6, 6.07) is 13.8. The van der Waals surface area contributed by atoms with Gasteiger partial charge in [0, 0.05) is 17.6 Å². The number of aromatic nitrogens is 1. The van der Waals surface area contributed by atoms with E-state index in [-0.39, 0.29) is 5.91 Å². The van der Waals surface area contributed by atoms with E-state index in [0.717, 1.165) is 34.4 Å². The van der Waals surface area contributed by atoms with Crippen molar-refractivity contribution in [2.45, 2.75) is 34.2 Å². The molecule has 3 aromatic rings. The molecule has 0 radical (unpaired) electrons. The van der Waals surface area contributed by atoms with Gasteiger partial charge in [-0.2, -0.15) is 0 Å². The fourth-order valence-corrected chi connectivity index (χ4v) is 3.30. The lowest BCUT2D eigenvalue weighted by Crippen LogP contribution is -2.18. The number of benzene rings is 2. The summed E-state index contributed by atoms with van der Waals surface area (Å²) in [6.45, 7) is 13.3. The Morgan fingerprint density at radius 1 is 1.18 bits per heavy atom. The molecule has 0 fully saturated rings. The van der Waals surface area contributed by atoms with Crippen molar-refractivity contribution in [1.29, 1.82) is 0 Å². The van der Waals surface area contributed by atoms with Crippen molar-refractivity contribution < 1.29 is 9.53 Å². The van der Waals surface area contributed by atoms with Crippen molar-refractivity contribution in [3.63, 3.8) is 0 Å². The number of carbonyl (C=O) groups excluding carboxylic acids is 1. The Kier molecular flexibility index (Phi) is 5.88. The van der Waals surface area contributed by atoms with E-state index in [1.807, 2.05) is 49.4 Å². The number of carbonyl (C=O) groups is 1. The first-order valence-electron chi connectivity index (χ1n) is 9.65. The third-order valence-corrected chi connectivity index (χ3v) is 4.81. The Labute approximate surface area is 166 Å². The number of hydrogen-bond acceptors (Lipinski definition) is 2. The van der Waals surface area contributed by atoms with Crippen LogP contribution in [0.1, 0.15) is 35.5 Å². The Hall–Kier alpha value is -3.01. The third-order valence-electron chi connectivity index (χ3n) is 4.81. The van der Waals surface area contributed by atoms with E-state index in [1.54, 1.807) is 6.08 Å². The predicted molar refractivity (Wildman–Crippen MR) is 116 cm³/mol. The first kappa shape index (κ1) is 19.7. The van der Waals surface area contributed by atoms with Crippen LogP contribution in [0.2, 0.25) is 0 Å². The van der Waals surface area contributed by atoms with Gasteiger partial charge in [-0.1, -0.05) is 38.6 Å². The summed E-state index contributed by atoms with van der Waals surface area (Å²) in [5, 5.41) is 3.99. The summed E-state index contributed by atoms with van der Waals surface area (Å²) in [7, 11) is 0. The minimum absolute atomic E-state index is 0.116. The zero-order valence-electron chi connectivity index (χ0n) is 17.1. The SMILES string of the molecule is C=CCOc1cccc2c1cc(C(=O)Nc1ccc(C)c(C)c1)n2CC(C)C. The summed E-state index contributed by atoms with van der Waals surface area (Å²) >= 11 is 0. The van der Waals surface area contributed by atoms with Crippen LogP contribution >= 0.6 is 0 Å². The average Bonchev–Trinajstić information content (AvgIpc) is 3.01. The zero-order chi connectivity index (χ0) is 20.3. The van der Waals surface area contributed by atoms with Crippen LogP contribution in [0, 0.1) is 19.8 Å². The van der Waals surface area contributed by atoms with Gasteiger partial charge in [-0.05, 0) is 61.2 Å². The highest BCUT2D eigenvalue weighted by atomic mass is 16.5. The van der Waals surface area contributed by atoms with Crippen LogP contribution in [0.4, 0.5) is 5.69 Å². The molecule has 1 heterocycles. The maximum Gasteiger partial charge on any atom is 0.272 e. The fraction of sp³-hybridized carbons (Fsp3) is 0.292. The lowest BCUT2D eigenvalue weighted by molar-refractivity contribution is 0.101. The lowest BCUT2D eigenvalue weighted by Gasteiger charge is -2.14. The first-order chi connectivity index (χ1) is 13.4. The number of anilines is 1. The van der Waals surface area contributed by atoms with Crippen molar-refractivity contribution in [2.24, 2.45) is 5.92 Å². The van der Waals surface area contributed by atoms with Crippen LogP contribution in [0.15, 0.2) is 55.1 Å². The fourth-order valence-electron chi connectivity index (χ4n) is 3.30. The van der Waals surface area contributed by atoms with Gasteiger partial charge in [-0.15, -0.1) is 0 Å². The molecule has 1 amide bonds. The number of aryl methyl sites for hydroxylation is 2. The van der Waals surface area contributed by atoms with E-state index in [4.69, 9.17) is 4.74 Å². The topological polar surface area (TPSA) is 43.3 Å². The van der Waals surface area contributed by atoms with Crippen LogP contribution in [-0.4, -0.2) is 17.1 Å². The maximum atomic E-state index is 13.1. The molecule has 2 aromatic carbocycles. The van der Waals surface area contributed by atoms with Gasteiger partial charge in [-0.3, -0.25) is 4.79 Å². The van der Waals surface area contributed by atoms with Crippen LogP contribution in [-0.2, 0) is 6.54 Å².